The molecular weight excluding hydrogens is 282 g/mol. The van der Waals surface area contributed by atoms with Crippen LogP contribution in [0.15, 0.2) is 36.0 Å². The number of nitrogens with one attached hydrogen (secondary N) is 2. The fourth-order valence-corrected chi connectivity index (χ4v) is 2.04. The summed E-state index contributed by atoms with van der Waals surface area (Å²) in [7, 11) is 0. The van der Waals surface area contributed by atoms with Crippen molar-refractivity contribution >= 4 is 17.5 Å². The van der Waals surface area contributed by atoms with Gasteiger partial charge in [0.25, 0.3) is 11.8 Å². The van der Waals surface area contributed by atoms with E-state index in [2.05, 4.69) is 10.6 Å². The van der Waals surface area contributed by atoms with Crippen molar-refractivity contribution in [1.29, 1.82) is 5.26 Å². The molecule has 0 spiro atoms. The molecule has 1 heterocycles. The van der Waals surface area contributed by atoms with Gasteiger partial charge < -0.3 is 21.3 Å². The number of hydrogen-bond donors (Lipinski definition) is 3. The van der Waals surface area contributed by atoms with E-state index in [4.69, 9.17) is 11.0 Å². The smallest absolute Gasteiger partial charge is 0.266 e. The molecule has 1 saturated heterocycles. The molecule has 0 radical (unpaired) electrons. The van der Waals surface area contributed by atoms with Crippen molar-refractivity contribution < 1.29 is 9.59 Å². The standard InChI is InChI=1S/C15H17N5O2/c16-9-12(15(22)20-7-5-18-6-8-20)10-19-14(21)11-1-3-13(17)4-2-11/h1-4,10,18H,5-8,17H2,(H,19,21)/b12-10-. The predicted molar refractivity (Wildman–Crippen MR) is 81.5 cm³/mol. The molecule has 114 valence electrons. The first-order chi connectivity index (χ1) is 10.6. The van der Waals surface area contributed by atoms with Gasteiger partial charge in [0.2, 0.25) is 0 Å². The fraction of sp³-hybridized carbons (Fsp3) is 0.267. The summed E-state index contributed by atoms with van der Waals surface area (Å²) in [6.07, 6.45) is 1.16. The van der Waals surface area contributed by atoms with Crippen LogP contribution in [0, 0.1) is 11.3 Å². The molecule has 7 nitrogen and oxygen atoms in total. The minimum absolute atomic E-state index is 0.0919. The van der Waals surface area contributed by atoms with E-state index in [1.54, 1.807) is 29.2 Å². The number of benzene rings is 1. The van der Waals surface area contributed by atoms with Crippen molar-refractivity contribution in [3.63, 3.8) is 0 Å². The Morgan fingerprint density at radius 3 is 2.50 bits per heavy atom. The van der Waals surface area contributed by atoms with Crippen molar-refractivity contribution in [3.8, 4) is 6.07 Å². The minimum atomic E-state index is -0.402. The Bertz CT molecular complexity index is 624. The molecule has 0 unspecified atom stereocenters. The highest BCUT2D eigenvalue weighted by atomic mass is 16.2. The van der Waals surface area contributed by atoms with E-state index in [1.807, 2.05) is 6.07 Å². The van der Waals surface area contributed by atoms with E-state index in [0.29, 0.717) is 37.4 Å². The summed E-state index contributed by atoms with van der Waals surface area (Å²) in [4.78, 5) is 25.7. The average Bonchev–Trinajstić information content (AvgIpc) is 2.56. The molecular formula is C15H17N5O2. The number of nitrogens with two attached hydrogens (primary N) is 1. The zero-order valence-electron chi connectivity index (χ0n) is 12.0. The van der Waals surface area contributed by atoms with Gasteiger partial charge in [-0.3, -0.25) is 9.59 Å². The quantitative estimate of drug-likeness (QED) is 0.408. The summed E-state index contributed by atoms with van der Waals surface area (Å²) >= 11 is 0. The van der Waals surface area contributed by atoms with Crippen LogP contribution in [0.4, 0.5) is 5.69 Å². The molecule has 0 atom stereocenters. The Morgan fingerprint density at radius 1 is 1.27 bits per heavy atom. The number of amides is 2. The van der Waals surface area contributed by atoms with Gasteiger partial charge in [0.15, 0.2) is 0 Å². The van der Waals surface area contributed by atoms with Gasteiger partial charge in [-0.15, -0.1) is 0 Å². The predicted octanol–water partition coefficient (Wildman–Crippen LogP) is -0.162. The second-order valence-electron chi connectivity index (χ2n) is 4.81. The molecule has 2 amide bonds. The largest absolute Gasteiger partial charge is 0.399 e. The number of nitrogen functional groups attached to an aromatic ring is 1. The number of nitrogens with zero attached hydrogens (tertiary/aromatic N) is 2. The first kappa shape index (κ1) is 15.5. The Kier molecular flexibility index (Phi) is 5.11. The maximum absolute atomic E-state index is 12.2. The van der Waals surface area contributed by atoms with Crippen molar-refractivity contribution in [2.45, 2.75) is 0 Å². The maximum Gasteiger partial charge on any atom is 0.266 e. The van der Waals surface area contributed by atoms with Crippen LogP contribution < -0.4 is 16.4 Å². The number of nitriles is 1. The lowest BCUT2D eigenvalue weighted by molar-refractivity contribution is -0.127. The van der Waals surface area contributed by atoms with E-state index < -0.39 is 5.91 Å². The van der Waals surface area contributed by atoms with Crippen LogP contribution in [0.25, 0.3) is 0 Å². The molecule has 1 aliphatic heterocycles. The monoisotopic (exact) mass is 299 g/mol. The van der Waals surface area contributed by atoms with Crippen molar-refractivity contribution in [2.24, 2.45) is 0 Å². The molecule has 0 aliphatic carbocycles. The average molecular weight is 299 g/mol. The topological polar surface area (TPSA) is 111 Å². The molecule has 1 aromatic carbocycles. The molecule has 0 bridgehead atoms. The van der Waals surface area contributed by atoms with E-state index in [9.17, 15) is 9.59 Å². The first-order valence-corrected chi connectivity index (χ1v) is 6.88. The van der Waals surface area contributed by atoms with Gasteiger partial charge in [-0.05, 0) is 24.3 Å². The third kappa shape index (κ3) is 3.84. The fourth-order valence-electron chi connectivity index (χ4n) is 2.04. The van der Waals surface area contributed by atoms with Crippen LogP contribution in [0.2, 0.25) is 0 Å². The summed E-state index contributed by atoms with van der Waals surface area (Å²) in [6.45, 7) is 2.48. The Labute approximate surface area is 128 Å². The number of piperazine rings is 1. The number of rotatable bonds is 3. The zero-order chi connectivity index (χ0) is 15.9. The Balaban J connectivity index is 2.02. The summed E-state index contributed by atoms with van der Waals surface area (Å²) in [5.74, 6) is -0.775. The highest BCUT2D eigenvalue weighted by Gasteiger charge is 2.20. The van der Waals surface area contributed by atoms with Crippen molar-refractivity contribution in [1.82, 2.24) is 15.5 Å². The van der Waals surface area contributed by atoms with E-state index in [1.165, 1.54) is 0 Å². The van der Waals surface area contributed by atoms with Crippen LogP contribution >= 0.6 is 0 Å². The van der Waals surface area contributed by atoms with Crippen LogP contribution in [0.1, 0.15) is 10.4 Å². The van der Waals surface area contributed by atoms with Crippen LogP contribution in [0.3, 0.4) is 0 Å². The lowest BCUT2D eigenvalue weighted by Crippen LogP contribution is -2.47. The highest BCUT2D eigenvalue weighted by molar-refractivity contribution is 5.99. The van der Waals surface area contributed by atoms with Gasteiger partial charge in [-0.2, -0.15) is 5.26 Å². The molecule has 2 rings (SSSR count). The number of hydrogen-bond acceptors (Lipinski definition) is 5. The van der Waals surface area contributed by atoms with Crippen molar-refractivity contribution in [2.75, 3.05) is 31.9 Å². The van der Waals surface area contributed by atoms with Gasteiger partial charge in [0.1, 0.15) is 11.6 Å². The second kappa shape index (κ2) is 7.24. The minimum Gasteiger partial charge on any atom is -0.399 e. The molecule has 1 fully saturated rings. The summed E-state index contributed by atoms with van der Waals surface area (Å²) in [6, 6.07) is 8.19. The molecule has 0 saturated carbocycles. The van der Waals surface area contributed by atoms with Crippen LogP contribution in [0.5, 0.6) is 0 Å². The SMILES string of the molecule is N#C/C(=C/NC(=O)c1ccc(N)cc1)C(=O)N1CCNCC1. The van der Waals surface area contributed by atoms with E-state index in [-0.39, 0.29) is 11.5 Å². The number of carbonyl (C=O) groups excluding carboxylic acids is 2. The van der Waals surface area contributed by atoms with Gasteiger partial charge in [0, 0.05) is 43.6 Å². The summed E-state index contributed by atoms with van der Waals surface area (Å²) in [5, 5.41) is 14.7. The summed E-state index contributed by atoms with van der Waals surface area (Å²) in [5.41, 5.74) is 6.41. The van der Waals surface area contributed by atoms with Gasteiger partial charge >= 0.3 is 0 Å². The molecule has 1 aromatic rings. The molecule has 7 heteroatoms. The Morgan fingerprint density at radius 2 is 1.91 bits per heavy atom. The first-order valence-electron chi connectivity index (χ1n) is 6.88. The van der Waals surface area contributed by atoms with Crippen molar-refractivity contribution in [3.05, 3.63) is 41.6 Å². The highest BCUT2D eigenvalue weighted by Crippen LogP contribution is 2.06. The molecule has 0 aromatic heterocycles. The number of anilines is 1. The zero-order valence-corrected chi connectivity index (χ0v) is 12.0. The van der Waals surface area contributed by atoms with Crippen LogP contribution in [-0.4, -0.2) is 42.9 Å². The number of carbonyl (C=O) groups is 2. The van der Waals surface area contributed by atoms with Crippen LogP contribution in [-0.2, 0) is 4.79 Å². The maximum atomic E-state index is 12.2. The van der Waals surface area contributed by atoms with E-state index >= 15 is 0 Å². The summed E-state index contributed by atoms with van der Waals surface area (Å²) < 4.78 is 0. The third-order valence-electron chi connectivity index (χ3n) is 3.28. The van der Waals surface area contributed by atoms with Gasteiger partial charge in [-0.1, -0.05) is 0 Å². The molecule has 22 heavy (non-hydrogen) atoms. The lowest BCUT2D eigenvalue weighted by Gasteiger charge is -2.27. The molecule has 4 N–H and O–H groups in total. The third-order valence-corrected chi connectivity index (χ3v) is 3.28. The van der Waals surface area contributed by atoms with Gasteiger partial charge in [0.05, 0.1) is 0 Å². The van der Waals surface area contributed by atoms with Gasteiger partial charge in [-0.25, -0.2) is 0 Å². The normalized spacial score (nSPS) is 15.0. The molecule has 1 aliphatic rings. The Hall–Kier alpha value is -2.85. The second-order valence-corrected chi connectivity index (χ2v) is 4.81. The van der Waals surface area contributed by atoms with E-state index in [0.717, 1.165) is 6.20 Å². The lowest BCUT2D eigenvalue weighted by atomic mass is 10.2.